The van der Waals surface area contributed by atoms with Crippen molar-refractivity contribution in [3.63, 3.8) is 0 Å². The second-order valence-corrected chi connectivity index (χ2v) is 6.91. The molecule has 1 aromatic carbocycles. The summed E-state index contributed by atoms with van der Waals surface area (Å²) < 4.78 is 27.7. The fourth-order valence-electron chi connectivity index (χ4n) is 1.75. The first-order valence-electron chi connectivity index (χ1n) is 6.61. The molecule has 0 aliphatic rings. The maximum atomic E-state index is 11.3. The van der Waals surface area contributed by atoms with Crippen LogP contribution in [0.5, 0.6) is 5.75 Å². The lowest BCUT2D eigenvalue weighted by Crippen LogP contribution is -2.21. The van der Waals surface area contributed by atoms with Crippen molar-refractivity contribution in [1.29, 1.82) is 0 Å². The molecule has 0 atom stereocenters. The van der Waals surface area contributed by atoms with Crippen LogP contribution >= 0.6 is 0 Å². The monoisotopic (exact) mass is 285 g/mol. The molecular weight excluding hydrogens is 262 g/mol. The largest absolute Gasteiger partial charge is 0.497 e. The molecule has 0 unspecified atom stereocenters. The highest BCUT2D eigenvalue weighted by Crippen LogP contribution is 2.12. The maximum Gasteiger partial charge on any atom is 0.150 e. The van der Waals surface area contributed by atoms with Gasteiger partial charge in [-0.15, -0.1) is 0 Å². The third-order valence-corrected chi connectivity index (χ3v) is 4.76. The molecule has 0 bridgehead atoms. The number of hydrogen-bond acceptors (Lipinski definition) is 4. The van der Waals surface area contributed by atoms with Crippen molar-refractivity contribution in [2.45, 2.75) is 19.8 Å². The van der Waals surface area contributed by atoms with Gasteiger partial charge in [0.15, 0.2) is 0 Å². The van der Waals surface area contributed by atoms with Crippen LogP contribution in [0.25, 0.3) is 0 Å². The zero-order valence-corrected chi connectivity index (χ0v) is 12.5. The van der Waals surface area contributed by atoms with Gasteiger partial charge in [0.05, 0.1) is 12.9 Å². The summed E-state index contributed by atoms with van der Waals surface area (Å²) in [7, 11) is -1.17. The highest BCUT2D eigenvalue weighted by Gasteiger charge is 2.05. The number of benzene rings is 1. The average molecular weight is 285 g/mol. The Bertz CT molecular complexity index is 471. The number of nitrogens with one attached hydrogen (secondary N) is 1. The van der Waals surface area contributed by atoms with Crippen molar-refractivity contribution in [1.82, 2.24) is 5.32 Å². The molecule has 0 saturated carbocycles. The molecule has 1 rings (SSSR count). The fourth-order valence-corrected chi connectivity index (χ4v) is 2.62. The van der Waals surface area contributed by atoms with Crippen molar-refractivity contribution < 1.29 is 13.2 Å². The van der Waals surface area contributed by atoms with Crippen molar-refractivity contribution >= 4 is 9.84 Å². The Balaban J connectivity index is 2.17. The van der Waals surface area contributed by atoms with E-state index in [2.05, 4.69) is 11.4 Å². The van der Waals surface area contributed by atoms with E-state index in [1.54, 1.807) is 14.0 Å². The van der Waals surface area contributed by atoms with Crippen molar-refractivity contribution in [3.8, 4) is 5.75 Å². The summed E-state index contributed by atoms with van der Waals surface area (Å²) in [6.45, 7) is 3.27. The summed E-state index contributed by atoms with van der Waals surface area (Å²) in [4.78, 5) is 0. The van der Waals surface area contributed by atoms with Crippen LogP contribution in [0.3, 0.4) is 0 Å². The zero-order valence-electron chi connectivity index (χ0n) is 11.7. The van der Waals surface area contributed by atoms with Gasteiger partial charge in [0.2, 0.25) is 0 Å². The van der Waals surface area contributed by atoms with E-state index in [9.17, 15) is 8.42 Å². The summed E-state index contributed by atoms with van der Waals surface area (Å²) in [6, 6.07) is 7.98. The summed E-state index contributed by atoms with van der Waals surface area (Å²) in [5.74, 6) is 1.37. The van der Waals surface area contributed by atoms with E-state index in [0.29, 0.717) is 6.42 Å². The van der Waals surface area contributed by atoms with Crippen molar-refractivity contribution in [2.24, 2.45) is 0 Å². The van der Waals surface area contributed by atoms with Crippen LogP contribution in [-0.4, -0.2) is 40.1 Å². The van der Waals surface area contributed by atoms with E-state index in [-0.39, 0.29) is 11.5 Å². The molecule has 19 heavy (non-hydrogen) atoms. The molecule has 108 valence electrons. The summed E-state index contributed by atoms with van der Waals surface area (Å²) in [5, 5.41) is 3.26. The molecular formula is C14H23NO3S. The molecule has 0 fully saturated rings. The number of hydrogen-bond donors (Lipinski definition) is 1. The Morgan fingerprint density at radius 1 is 1.26 bits per heavy atom. The quantitative estimate of drug-likeness (QED) is 0.701. The number of ether oxygens (including phenoxy) is 1. The second-order valence-electron chi connectivity index (χ2n) is 4.44. The fraction of sp³-hybridized carbons (Fsp3) is 0.571. The van der Waals surface area contributed by atoms with E-state index < -0.39 is 9.84 Å². The Morgan fingerprint density at radius 3 is 2.74 bits per heavy atom. The van der Waals surface area contributed by atoms with Crippen LogP contribution in [0.1, 0.15) is 18.9 Å². The van der Waals surface area contributed by atoms with Gasteiger partial charge >= 0.3 is 0 Å². The summed E-state index contributed by atoms with van der Waals surface area (Å²) >= 11 is 0. The first-order chi connectivity index (χ1) is 9.07. The van der Waals surface area contributed by atoms with Crippen LogP contribution in [0, 0.1) is 0 Å². The predicted octanol–water partition coefficient (Wildman–Crippen LogP) is 1.65. The molecule has 0 amide bonds. The van der Waals surface area contributed by atoms with Gasteiger partial charge in [-0.05, 0) is 43.6 Å². The smallest absolute Gasteiger partial charge is 0.150 e. The highest BCUT2D eigenvalue weighted by atomic mass is 32.2. The lowest BCUT2D eigenvalue weighted by molar-refractivity contribution is 0.414. The minimum absolute atomic E-state index is 0.233. The molecule has 0 radical (unpaired) electrons. The minimum Gasteiger partial charge on any atom is -0.497 e. The maximum absolute atomic E-state index is 11.3. The molecule has 0 heterocycles. The first-order valence-corrected chi connectivity index (χ1v) is 8.43. The lowest BCUT2D eigenvalue weighted by Gasteiger charge is -2.06. The number of sulfone groups is 1. The summed E-state index contributed by atoms with van der Waals surface area (Å²) in [5.41, 5.74) is 1.22. The molecule has 1 N–H and O–H groups in total. The molecule has 1 aromatic rings. The van der Waals surface area contributed by atoms with E-state index in [1.807, 2.05) is 18.2 Å². The molecule has 0 aliphatic carbocycles. The lowest BCUT2D eigenvalue weighted by atomic mass is 10.1. The zero-order chi connectivity index (χ0) is 14.1. The molecule has 0 spiro atoms. The SMILES string of the molecule is CCS(=O)(=O)CCCNCCc1cccc(OC)c1. The molecule has 0 aliphatic heterocycles. The predicted molar refractivity (Wildman–Crippen MR) is 78.5 cm³/mol. The second kappa shape index (κ2) is 8.17. The Labute approximate surface area is 116 Å². The average Bonchev–Trinajstić information content (AvgIpc) is 2.43. The number of methoxy groups -OCH3 is 1. The van der Waals surface area contributed by atoms with E-state index in [1.165, 1.54) is 5.56 Å². The van der Waals surface area contributed by atoms with Crippen molar-refractivity contribution in [2.75, 3.05) is 31.7 Å². The van der Waals surface area contributed by atoms with Crippen LogP contribution in [0.4, 0.5) is 0 Å². The molecule has 0 saturated heterocycles. The normalized spacial score (nSPS) is 11.5. The van der Waals surface area contributed by atoms with Gasteiger partial charge in [0, 0.05) is 5.75 Å². The standard InChI is InChI=1S/C14H23NO3S/c1-3-19(16,17)11-5-9-15-10-8-13-6-4-7-14(12-13)18-2/h4,6-7,12,15H,3,5,8-11H2,1-2H3. The molecule has 4 nitrogen and oxygen atoms in total. The molecule has 0 aromatic heterocycles. The summed E-state index contributed by atoms with van der Waals surface area (Å²) in [6.07, 6.45) is 1.59. The number of rotatable bonds is 9. The van der Waals surface area contributed by atoms with Gasteiger partial charge < -0.3 is 10.1 Å². The molecule has 5 heteroatoms. The third kappa shape index (κ3) is 6.59. The van der Waals surface area contributed by atoms with Crippen LogP contribution in [0.15, 0.2) is 24.3 Å². The van der Waals surface area contributed by atoms with E-state index in [4.69, 9.17) is 4.74 Å². The van der Waals surface area contributed by atoms with Gasteiger partial charge in [0.1, 0.15) is 15.6 Å². The Hall–Kier alpha value is -1.07. The topological polar surface area (TPSA) is 55.4 Å². The van der Waals surface area contributed by atoms with Crippen molar-refractivity contribution in [3.05, 3.63) is 29.8 Å². The minimum atomic E-state index is -2.82. The van der Waals surface area contributed by atoms with Crippen LogP contribution in [0.2, 0.25) is 0 Å². The van der Waals surface area contributed by atoms with E-state index in [0.717, 1.165) is 25.3 Å². The van der Waals surface area contributed by atoms with Gasteiger partial charge in [-0.1, -0.05) is 19.1 Å². The first kappa shape index (κ1) is 16.0. The van der Waals surface area contributed by atoms with Crippen LogP contribution in [-0.2, 0) is 16.3 Å². The van der Waals surface area contributed by atoms with Gasteiger partial charge in [0.25, 0.3) is 0 Å². The van der Waals surface area contributed by atoms with Gasteiger partial charge in [-0.3, -0.25) is 0 Å². The van der Waals surface area contributed by atoms with Gasteiger partial charge in [-0.2, -0.15) is 0 Å². The Kier molecular flexibility index (Phi) is 6.87. The van der Waals surface area contributed by atoms with Gasteiger partial charge in [-0.25, -0.2) is 8.42 Å². The van der Waals surface area contributed by atoms with Crippen LogP contribution < -0.4 is 10.1 Å². The Morgan fingerprint density at radius 2 is 2.05 bits per heavy atom. The highest BCUT2D eigenvalue weighted by molar-refractivity contribution is 7.91. The third-order valence-electron chi connectivity index (χ3n) is 2.97. The van der Waals surface area contributed by atoms with E-state index >= 15 is 0 Å².